The van der Waals surface area contributed by atoms with Crippen molar-refractivity contribution in [1.29, 1.82) is 0 Å². The minimum atomic E-state index is -0.178. The van der Waals surface area contributed by atoms with Gasteiger partial charge in [-0.15, -0.1) is 11.3 Å². The average Bonchev–Trinajstić information content (AvgIpc) is 2.99. The van der Waals surface area contributed by atoms with Gasteiger partial charge in [0, 0.05) is 10.9 Å². The molecule has 3 aromatic rings. The van der Waals surface area contributed by atoms with Gasteiger partial charge in [0.1, 0.15) is 12.4 Å². The summed E-state index contributed by atoms with van der Waals surface area (Å²) in [6.07, 6.45) is 0. The molecular weight excluding hydrogens is 344 g/mol. The Morgan fingerprint density at radius 3 is 2.62 bits per heavy atom. The van der Waals surface area contributed by atoms with E-state index in [4.69, 9.17) is 16.3 Å². The zero-order chi connectivity index (χ0) is 16.9. The van der Waals surface area contributed by atoms with Crippen LogP contribution in [-0.2, 0) is 6.61 Å². The number of nitrogens with one attached hydrogen (secondary N) is 1. The predicted molar refractivity (Wildman–Crippen MR) is 97.0 cm³/mol. The van der Waals surface area contributed by atoms with Crippen LogP contribution in [0.25, 0.3) is 0 Å². The van der Waals surface area contributed by atoms with Crippen LogP contribution in [0.2, 0.25) is 5.02 Å². The number of carbonyl (C=O) groups excluding carboxylic acids is 1. The maximum atomic E-state index is 12.2. The van der Waals surface area contributed by atoms with Crippen LogP contribution in [-0.4, -0.2) is 10.9 Å². The molecule has 0 atom stereocenters. The maximum absolute atomic E-state index is 12.2. The predicted octanol–water partition coefficient (Wildman–Crippen LogP) is 4.94. The van der Waals surface area contributed by atoms with Gasteiger partial charge < -0.3 is 4.74 Å². The van der Waals surface area contributed by atoms with Crippen molar-refractivity contribution in [3.8, 4) is 5.75 Å². The van der Waals surface area contributed by atoms with Gasteiger partial charge in [-0.3, -0.25) is 10.1 Å². The zero-order valence-electron chi connectivity index (χ0n) is 13.0. The second-order valence-corrected chi connectivity index (χ2v) is 6.43. The summed E-state index contributed by atoms with van der Waals surface area (Å²) in [6.45, 7) is 2.28. The molecule has 1 amide bonds. The van der Waals surface area contributed by atoms with Gasteiger partial charge in [0.2, 0.25) is 0 Å². The maximum Gasteiger partial charge on any atom is 0.257 e. The third-order valence-corrected chi connectivity index (χ3v) is 4.47. The minimum absolute atomic E-state index is 0.178. The molecule has 4 nitrogen and oxygen atoms in total. The second kappa shape index (κ2) is 7.47. The quantitative estimate of drug-likeness (QED) is 0.703. The van der Waals surface area contributed by atoms with Crippen molar-refractivity contribution in [2.24, 2.45) is 0 Å². The Kier molecular flexibility index (Phi) is 5.13. The molecule has 0 spiro atoms. The minimum Gasteiger partial charge on any atom is -0.487 e. The van der Waals surface area contributed by atoms with E-state index in [1.807, 2.05) is 42.6 Å². The first-order valence-corrected chi connectivity index (χ1v) is 8.57. The highest BCUT2D eigenvalue weighted by molar-refractivity contribution is 7.13. The van der Waals surface area contributed by atoms with E-state index in [1.165, 1.54) is 11.3 Å². The lowest BCUT2D eigenvalue weighted by molar-refractivity contribution is 0.102. The smallest absolute Gasteiger partial charge is 0.257 e. The highest BCUT2D eigenvalue weighted by Gasteiger charge is 2.08. The molecule has 1 heterocycles. The summed E-state index contributed by atoms with van der Waals surface area (Å²) in [5.41, 5.74) is 2.42. The van der Waals surface area contributed by atoms with E-state index in [0.29, 0.717) is 28.1 Å². The van der Waals surface area contributed by atoms with Crippen molar-refractivity contribution in [3.63, 3.8) is 0 Å². The molecule has 3 rings (SSSR count). The van der Waals surface area contributed by atoms with Crippen LogP contribution in [0.1, 0.15) is 21.6 Å². The number of nitrogens with zero attached hydrogens (tertiary/aromatic N) is 1. The van der Waals surface area contributed by atoms with Crippen LogP contribution >= 0.6 is 22.9 Å². The number of amides is 1. The fraction of sp³-hybridized carbons (Fsp3) is 0.111. The van der Waals surface area contributed by atoms with Gasteiger partial charge in [-0.2, -0.15) is 0 Å². The van der Waals surface area contributed by atoms with E-state index in [0.717, 1.165) is 11.3 Å². The molecule has 0 unspecified atom stereocenters. The SMILES string of the molecule is Cc1csc(NC(=O)c2ccc(COc3ccccc3Cl)cc2)n1. The Bertz CT molecular complexity index is 846. The van der Waals surface area contributed by atoms with Crippen LogP contribution in [0.3, 0.4) is 0 Å². The Morgan fingerprint density at radius 1 is 1.21 bits per heavy atom. The second-order valence-electron chi connectivity index (χ2n) is 5.16. The van der Waals surface area contributed by atoms with Crippen LogP contribution in [0.15, 0.2) is 53.9 Å². The van der Waals surface area contributed by atoms with Gasteiger partial charge in [-0.1, -0.05) is 35.9 Å². The Balaban J connectivity index is 1.60. The molecule has 0 saturated heterocycles. The van der Waals surface area contributed by atoms with Crippen molar-refractivity contribution in [1.82, 2.24) is 4.98 Å². The normalized spacial score (nSPS) is 10.4. The number of halogens is 1. The largest absolute Gasteiger partial charge is 0.487 e. The summed E-state index contributed by atoms with van der Waals surface area (Å²) in [4.78, 5) is 16.4. The molecule has 0 fully saturated rings. The number of anilines is 1. The summed E-state index contributed by atoms with van der Waals surface area (Å²) in [5, 5.41) is 5.85. The molecule has 0 saturated carbocycles. The molecule has 122 valence electrons. The van der Waals surface area contributed by atoms with E-state index in [1.54, 1.807) is 18.2 Å². The monoisotopic (exact) mass is 358 g/mol. The van der Waals surface area contributed by atoms with Gasteiger partial charge in [0.15, 0.2) is 5.13 Å². The summed E-state index contributed by atoms with van der Waals surface area (Å²) >= 11 is 7.46. The van der Waals surface area contributed by atoms with Crippen molar-refractivity contribution < 1.29 is 9.53 Å². The standard InChI is InChI=1S/C18H15ClN2O2S/c1-12-11-24-18(20-12)21-17(22)14-8-6-13(7-9-14)10-23-16-5-3-2-4-15(16)19/h2-9,11H,10H2,1H3,(H,20,21,22). The Morgan fingerprint density at radius 2 is 1.96 bits per heavy atom. The first-order valence-electron chi connectivity index (χ1n) is 7.31. The summed E-state index contributed by atoms with van der Waals surface area (Å²) in [6, 6.07) is 14.6. The third-order valence-electron chi connectivity index (χ3n) is 3.29. The van der Waals surface area contributed by atoms with Crippen molar-refractivity contribution in [2.45, 2.75) is 13.5 Å². The molecule has 6 heteroatoms. The van der Waals surface area contributed by atoms with E-state index >= 15 is 0 Å². The summed E-state index contributed by atoms with van der Waals surface area (Å²) in [5.74, 6) is 0.461. The van der Waals surface area contributed by atoms with Gasteiger partial charge in [0.05, 0.1) is 10.7 Å². The number of hydrogen-bond acceptors (Lipinski definition) is 4. The molecule has 0 aliphatic carbocycles. The fourth-order valence-corrected chi connectivity index (χ4v) is 2.93. The molecule has 0 radical (unpaired) electrons. The van der Waals surface area contributed by atoms with Crippen molar-refractivity contribution in [2.75, 3.05) is 5.32 Å². The van der Waals surface area contributed by atoms with E-state index < -0.39 is 0 Å². The molecule has 0 aliphatic rings. The lowest BCUT2D eigenvalue weighted by atomic mass is 10.1. The number of rotatable bonds is 5. The van der Waals surface area contributed by atoms with Crippen molar-refractivity contribution in [3.05, 3.63) is 75.8 Å². The van der Waals surface area contributed by atoms with Crippen LogP contribution in [0.4, 0.5) is 5.13 Å². The van der Waals surface area contributed by atoms with E-state index in [2.05, 4.69) is 10.3 Å². The lowest BCUT2D eigenvalue weighted by Crippen LogP contribution is -2.11. The van der Waals surface area contributed by atoms with Gasteiger partial charge >= 0.3 is 0 Å². The van der Waals surface area contributed by atoms with Crippen LogP contribution < -0.4 is 10.1 Å². The fourth-order valence-electron chi connectivity index (χ4n) is 2.06. The molecule has 2 aromatic carbocycles. The van der Waals surface area contributed by atoms with Crippen molar-refractivity contribution >= 4 is 34.0 Å². The number of aryl methyl sites for hydroxylation is 1. The average molecular weight is 359 g/mol. The number of para-hydroxylation sites is 1. The zero-order valence-corrected chi connectivity index (χ0v) is 14.5. The first-order chi connectivity index (χ1) is 11.6. The molecule has 1 N–H and O–H groups in total. The molecule has 1 aromatic heterocycles. The molecule has 0 bridgehead atoms. The third kappa shape index (κ3) is 4.13. The number of hydrogen-bond donors (Lipinski definition) is 1. The molecular formula is C18H15ClN2O2S. The van der Waals surface area contributed by atoms with E-state index in [9.17, 15) is 4.79 Å². The number of benzene rings is 2. The van der Waals surface area contributed by atoms with Gasteiger partial charge in [-0.25, -0.2) is 4.98 Å². The Hall–Kier alpha value is -2.37. The summed E-state index contributed by atoms with van der Waals surface area (Å²) < 4.78 is 5.68. The van der Waals surface area contributed by atoms with Gasteiger partial charge in [-0.05, 0) is 36.8 Å². The van der Waals surface area contributed by atoms with Gasteiger partial charge in [0.25, 0.3) is 5.91 Å². The van der Waals surface area contributed by atoms with Crippen LogP contribution in [0, 0.1) is 6.92 Å². The topological polar surface area (TPSA) is 51.2 Å². The molecule has 24 heavy (non-hydrogen) atoms. The lowest BCUT2D eigenvalue weighted by Gasteiger charge is -2.08. The first kappa shape index (κ1) is 16.5. The molecule has 0 aliphatic heterocycles. The van der Waals surface area contributed by atoms with E-state index in [-0.39, 0.29) is 5.91 Å². The number of aromatic nitrogens is 1. The van der Waals surface area contributed by atoms with Crippen LogP contribution in [0.5, 0.6) is 5.75 Å². The Labute approximate surface area is 149 Å². The number of ether oxygens (including phenoxy) is 1. The number of thiazole rings is 1. The highest BCUT2D eigenvalue weighted by Crippen LogP contribution is 2.24. The number of carbonyl (C=O) groups is 1. The summed E-state index contributed by atoms with van der Waals surface area (Å²) in [7, 11) is 0. The highest BCUT2D eigenvalue weighted by atomic mass is 35.5.